The van der Waals surface area contributed by atoms with E-state index in [2.05, 4.69) is 21.2 Å². The van der Waals surface area contributed by atoms with Gasteiger partial charge in [0.2, 0.25) is 0 Å². The summed E-state index contributed by atoms with van der Waals surface area (Å²) in [5, 5.41) is 12.1. The van der Waals surface area contributed by atoms with Gasteiger partial charge < -0.3 is 10.4 Å². The third-order valence-corrected chi connectivity index (χ3v) is 2.92. The van der Waals surface area contributed by atoms with E-state index in [0.717, 1.165) is 10.2 Å². The van der Waals surface area contributed by atoms with Gasteiger partial charge in [0.05, 0.1) is 0 Å². The van der Waals surface area contributed by atoms with Crippen molar-refractivity contribution in [1.82, 2.24) is 0 Å². The Morgan fingerprint density at radius 2 is 2.27 bits per heavy atom. The first-order chi connectivity index (χ1) is 6.98. The molecular weight excluding hydrogens is 258 g/mol. The van der Waals surface area contributed by atoms with Crippen molar-refractivity contribution >= 4 is 27.6 Å². The van der Waals surface area contributed by atoms with E-state index in [1.807, 2.05) is 31.2 Å². The molecule has 0 bridgehead atoms. The fourth-order valence-electron chi connectivity index (χ4n) is 1.18. The molecule has 0 amide bonds. The van der Waals surface area contributed by atoms with E-state index >= 15 is 0 Å². The number of anilines is 1. The van der Waals surface area contributed by atoms with Crippen LogP contribution in [-0.4, -0.2) is 16.6 Å². The van der Waals surface area contributed by atoms with Crippen molar-refractivity contribution in [3.8, 4) is 0 Å². The quantitative estimate of drug-likeness (QED) is 0.885. The monoisotopic (exact) mass is 271 g/mol. The summed E-state index contributed by atoms with van der Waals surface area (Å²) >= 11 is 3.34. The van der Waals surface area contributed by atoms with Crippen molar-refractivity contribution in [2.75, 3.05) is 5.32 Å². The average Bonchev–Trinajstić information content (AvgIpc) is 2.17. The van der Waals surface area contributed by atoms with Crippen molar-refractivity contribution in [3.05, 3.63) is 28.7 Å². The lowest BCUT2D eigenvalue weighted by molar-refractivity contribution is -0.141. The van der Waals surface area contributed by atoms with E-state index in [1.165, 1.54) is 0 Å². The van der Waals surface area contributed by atoms with Crippen LogP contribution < -0.4 is 5.32 Å². The van der Waals surface area contributed by atoms with E-state index in [0.29, 0.717) is 6.42 Å². The van der Waals surface area contributed by atoms with Crippen LogP contribution in [0, 0.1) is 0 Å². The normalized spacial score (nSPS) is 14.3. The van der Waals surface area contributed by atoms with Gasteiger partial charge in [0.25, 0.3) is 0 Å². The lowest BCUT2D eigenvalue weighted by Crippen LogP contribution is -2.42. The van der Waals surface area contributed by atoms with E-state index in [-0.39, 0.29) is 0 Å². The number of carbonyl (C=O) groups is 1. The molecule has 0 aliphatic heterocycles. The Kier molecular flexibility index (Phi) is 3.74. The summed E-state index contributed by atoms with van der Waals surface area (Å²) < 4.78 is 0.927. The van der Waals surface area contributed by atoms with Gasteiger partial charge in [-0.3, -0.25) is 0 Å². The van der Waals surface area contributed by atoms with Crippen LogP contribution in [0.1, 0.15) is 20.3 Å². The highest BCUT2D eigenvalue weighted by Gasteiger charge is 2.30. The largest absolute Gasteiger partial charge is 0.480 e. The lowest BCUT2D eigenvalue weighted by Gasteiger charge is -2.25. The van der Waals surface area contributed by atoms with Crippen LogP contribution in [0.25, 0.3) is 0 Å². The number of aliphatic carboxylic acids is 1. The van der Waals surface area contributed by atoms with E-state index in [1.54, 1.807) is 6.92 Å². The predicted octanol–water partition coefficient (Wildman–Crippen LogP) is 3.11. The summed E-state index contributed by atoms with van der Waals surface area (Å²) in [6.45, 7) is 3.52. The summed E-state index contributed by atoms with van der Waals surface area (Å²) in [5.41, 5.74) is -0.114. The Balaban J connectivity index is 2.89. The summed E-state index contributed by atoms with van der Waals surface area (Å²) in [5.74, 6) is -0.843. The van der Waals surface area contributed by atoms with E-state index < -0.39 is 11.5 Å². The molecular formula is C11H14BrNO2. The average molecular weight is 272 g/mol. The summed E-state index contributed by atoms with van der Waals surface area (Å²) in [6, 6.07) is 7.47. The fourth-order valence-corrected chi connectivity index (χ4v) is 1.58. The van der Waals surface area contributed by atoms with Gasteiger partial charge in [0.1, 0.15) is 5.54 Å². The predicted molar refractivity (Wildman–Crippen MR) is 64.1 cm³/mol. The molecule has 0 radical (unpaired) electrons. The molecule has 2 N–H and O–H groups in total. The number of benzene rings is 1. The number of rotatable bonds is 4. The molecule has 0 aromatic heterocycles. The number of halogens is 1. The summed E-state index contributed by atoms with van der Waals surface area (Å²) in [6.07, 6.45) is 0.523. The molecule has 4 heteroatoms. The first-order valence-electron chi connectivity index (χ1n) is 4.75. The van der Waals surface area contributed by atoms with Crippen LogP contribution >= 0.6 is 15.9 Å². The summed E-state index contributed by atoms with van der Waals surface area (Å²) in [7, 11) is 0. The van der Waals surface area contributed by atoms with Crippen LogP contribution in [0.5, 0.6) is 0 Å². The van der Waals surface area contributed by atoms with Gasteiger partial charge in [-0.25, -0.2) is 4.79 Å². The molecule has 0 aliphatic rings. The standard InChI is InChI=1S/C11H14BrNO2/c1-3-11(2,10(14)15)13-9-6-4-5-8(12)7-9/h4-7,13H,3H2,1-2H3,(H,14,15). The number of nitrogens with one attached hydrogen (secondary N) is 1. The minimum Gasteiger partial charge on any atom is -0.480 e. The molecule has 1 aromatic rings. The zero-order valence-electron chi connectivity index (χ0n) is 8.75. The highest BCUT2D eigenvalue weighted by Crippen LogP contribution is 2.21. The maximum absolute atomic E-state index is 11.1. The molecule has 1 rings (SSSR count). The second-order valence-electron chi connectivity index (χ2n) is 3.63. The van der Waals surface area contributed by atoms with Crippen LogP contribution in [0.15, 0.2) is 28.7 Å². The Hall–Kier alpha value is -1.03. The fraction of sp³-hybridized carbons (Fsp3) is 0.364. The maximum Gasteiger partial charge on any atom is 0.329 e. The molecule has 0 spiro atoms. The topological polar surface area (TPSA) is 49.3 Å². The van der Waals surface area contributed by atoms with Crippen molar-refractivity contribution in [2.45, 2.75) is 25.8 Å². The molecule has 1 atom stereocenters. The molecule has 0 aliphatic carbocycles. The van der Waals surface area contributed by atoms with Crippen LogP contribution in [0.4, 0.5) is 5.69 Å². The van der Waals surface area contributed by atoms with Crippen molar-refractivity contribution in [1.29, 1.82) is 0 Å². The third-order valence-electron chi connectivity index (χ3n) is 2.42. The number of hydrogen-bond donors (Lipinski definition) is 2. The maximum atomic E-state index is 11.1. The molecule has 82 valence electrons. The Morgan fingerprint density at radius 3 is 2.73 bits per heavy atom. The van der Waals surface area contributed by atoms with Crippen molar-refractivity contribution in [2.24, 2.45) is 0 Å². The molecule has 0 saturated heterocycles. The van der Waals surface area contributed by atoms with E-state index in [9.17, 15) is 4.79 Å². The van der Waals surface area contributed by atoms with Crippen molar-refractivity contribution in [3.63, 3.8) is 0 Å². The smallest absolute Gasteiger partial charge is 0.329 e. The molecule has 3 nitrogen and oxygen atoms in total. The van der Waals surface area contributed by atoms with Gasteiger partial charge in [0.15, 0.2) is 0 Å². The Bertz CT molecular complexity index is 367. The molecule has 0 heterocycles. The minimum absolute atomic E-state index is 0.523. The third kappa shape index (κ3) is 2.96. The highest BCUT2D eigenvalue weighted by atomic mass is 79.9. The highest BCUT2D eigenvalue weighted by molar-refractivity contribution is 9.10. The molecule has 1 unspecified atom stereocenters. The second kappa shape index (κ2) is 4.66. The molecule has 0 saturated carbocycles. The Morgan fingerprint density at radius 1 is 1.60 bits per heavy atom. The Labute approximate surface area is 97.6 Å². The first kappa shape index (κ1) is 12.0. The van der Waals surface area contributed by atoms with Gasteiger partial charge in [-0.2, -0.15) is 0 Å². The number of carboxylic acids is 1. The van der Waals surface area contributed by atoms with Gasteiger partial charge in [-0.1, -0.05) is 28.9 Å². The SMILES string of the molecule is CCC(C)(Nc1cccc(Br)c1)C(=O)O. The summed E-state index contributed by atoms with van der Waals surface area (Å²) in [4.78, 5) is 11.1. The zero-order chi connectivity index (χ0) is 11.5. The minimum atomic E-state index is -0.916. The zero-order valence-corrected chi connectivity index (χ0v) is 10.3. The van der Waals surface area contributed by atoms with E-state index in [4.69, 9.17) is 5.11 Å². The van der Waals surface area contributed by atoms with Gasteiger partial charge in [-0.15, -0.1) is 0 Å². The molecule has 1 aromatic carbocycles. The van der Waals surface area contributed by atoms with Crippen LogP contribution in [0.2, 0.25) is 0 Å². The number of hydrogen-bond acceptors (Lipinski definition) is 2. The molecule has 0 fully saturated rings. The van der Waals surface area contributed by atoms with Gasteiger partial charge in [0, 0.05) is 10.2 Å². The molecule has 15 heavy (non-hydrogen) atoms. The van der Waals surface area contributed by atoms with Crippen molar-refractivity contribution < 1.29 is 9.90 Å². The van der Waals surface area contributed by atoms with Crippen LogP contribution in [-0.2, 0) is 4.79 Å². The lowest BCUT2D eigenvalue weighted by atomic mass is 9.99. The number of carboxylic acid groups (broad SMARTS) is 1. The second-order valence-corrected chi connectivity index (χ2v) is 4.54. The first-order valence-corrected chi connectivity index (χ1v) is 5.54. The van der Waals surface area contributed by atoms with Crippen LogP contribution in [0.3, 0.4) is 0 Å². The van der Waals surface area contributed by atoms with Gasteiger partial charge >= 0.3 is 5.97 Å². The van der Waals surface area contributed by atoms with Gasteiger partial charge in [-0.05, 0) is 31.5 Å².